The summed E-state index contributed by atoms with van der Waals surface area (Å²) in [5.74, 6) is 0.0595. The van der Waals surface area contributed by atoms with Gasteiger partial charge in [-0.1, -0.05) is 15.9 Å². The normalized spacial score (nSPS) is 21.9. The quantitative estimate of drug-likeness (QED) is 0.478. The van der Waals surface area contributed by atoms with Crippen molar-refractivity contribution in [2.75, 3.05) is 0 Å². The van der Waals surface area contributed by atoms with Crippen molar-refractivity contribution in [1.82, 2.24) is 0 Å². The van der Waals surface area contributed by atoms with Gasteiger partial charge in [-0.15, -0.1) is 0 Å². The summed E-state index contributed by atoms with van der Waals surface area (Å²) >= 11 is 3.24. The van der Waals surface area contributed by atoms with Gasteiger partial charge in [0.1, 0.15) is 17.7 Å². The number of hydrogen-bond donors (Lipinski definition) is 0. The van der Waals surface area contributed by atoms with Crippen LogP contribution < -0.4 is 0 Å². The van der Waals surface area contributed by atoms with E-state index in [9.17, 15) is 4.79 Å². The van der Waals surface area contributed by atoms with Crippen LogP contribution in [-0.4, -0.2) is 10.6 Å². The van der Waals surface area contributed by atoms with Gasteiger partial charge in [-0.05, 0) is 18.4 Å². The van der Waals surface area contributed by atoms with E-state index in [2.05, 4.69) is 15.9 Å². The maximum absolute atomic E-state index is 11.2. The predicted molar refractivity (Wildman–Crippen MR) is 49.8 cm³/mol. The molecular weight excluding hydrogens is 232 g/mol. The standard InChI is InChI=1S/C9H7BrN2O/c10-8-2-1-6(3-9(8)13)7(4-11)5-12/h8H,1-3H2. The highest BCUT2D eigenvalue weighted by atomic mass is 79.9. The lowest BCUT2D eigenvalue weighted by Gasteiger charge is -2.17. The highest BCUT2D eigenvalue weighted by Gasteiger charge is 2.24. The lowest BCUT2D eigenvalue weighted by atomic mass is 9.91. The fourth-order valence-electron chi connectivity index (χ4n) is 1.27. The van der Waals surface area contributed by atoms with Crippen LogP contribution in [0, 0.1) is 22.7 Å². The van der Waals surface area contributed by atoms with Crippen molar-refractivity contribution >= 4 is 21.7 Å². The van der Waals surface area contributed by atoms with Crippen LogP contribution in [0.1, 0.15) is 19.3 Å². The third kappa shape index (κ3) is 2.17. The van der Waals surface area contributed by atoms with Gasteiger partial charge in [0.25, 0.3) is 0 Å². The van der Waals surface area contributed by atoms with Crippen LogP contribution in [0.25, 0.3) is 0 Å². The number of carbonyl (C=O) groups is 1. The fraction of sp³-hybridized carbons (Fsp3) is 0.444. The molecule has 0 radical (unpaired) electrons. The van der Waals surface area contributed by atoms with E-state index in [1.165, 1.54) is 0 Å². The molecule has 1 atom stereocenters. The Morgan fingerprint density at radius 1 is 1.46 bits per heavy atom. The summed E-state index contributed by atoms with van der Waals surface area (Å²) in [6, 6.07) is 3.62. The van der Waals surface area contributed by atoms with Gasteiger partial charge in [-0.25, -0.2) is 0 Å². The molecule has 1 aliphatic rings. The Bertz CT molecular complexity index is 330. The summed E-state index contributed by atoms with van der Waals surface area (Å²) in [5.41, 5.74) is 0.790. The lowest BCUT2D eigenvalue weighted by Crippen LogP contribution is -2.20. The Morgan fingerprint density at radius 2 is 2.08 bits per heavy atom. The molecule has 0 heterocycles. The van der Waals surface area contributed by atoms with E-state index < -0.39 is 0 Å². The third-order valence-electron chi connectivity index (χ3n) is 2.01. The smallest absolute Gasteiger partial charge is 0.150 e. The minimum Gasteiger partial charge on any atom is -0.298 e. The molecule has 0 saturated heterocycles. The Kier molecular flexibility index (Phi) is 3.22. The molecule has 1 rings (SSSR count). The highest BCUT2D eigenvalue weighted by molar-refractivity contribution is 9.10. The summed E-state index contributed by atoms with van der Waals surface area (Å²) in [6.07, 6.45) is 1.59. The largest absolute Gasteiger partial charge is 0.298 e. The van der Waals surface area contributed by atoms with Gasteiger partial charge in [0.15, 0.2) is 5.78 Å². The predicted octanol–water partition coefficient (Wildman–Crippen LogP) is 1.85. The Labute approximate surface area is 84.8 Å². The molecule has 3 nitrogen and oxygen atoms in total. The molecule has 66 valence electrons. The average Bonchev–Trinajstić information content (AvgIpc) is 2.13. The van der Waals surface area contributed by atoms with E-state index in [0.717, 1.165) is 0 Å². The van der Waals surface area contributed by atoms with Gasteiger partial charge >= 0.3 is 0 Å². The fourth-order valence-corrected chi connectivity index (χ4v) is 1.66. The van der Waals surface area contributed by atoms with Crippen molar-refractivity contribution in [3.8, 4) is 12.1 Å². The summed E-state index contributed by atoms with van der Waals surface area (Å²) in [7, 11) is 0. The van der Waals surface area contributed by atoms with E-state index >= 15 is 0 Å². The zero-order chi connectivity index (χ0) is 9.84. The van der Waals surface area contributed by atoms with Crippen LogP contribution in [0.2, 0.25) is 0 Å². The zero-order valence-corrected chi connectivity index (χ0v) is 8.47. The van der Waals surface area contributed by atoms with E-state index in [0.29, 0.717) is 18.4 Å². The number of rotatable bonds is 0. The molecule has 0 spiro atoms. The third-order valence-corrected chi connectivity index (χ3v) is 2.98. The minimum absolute atomic E-state index is 0.0595. The van der Waals surface area contributed by atoms with Crippen LogP contribution in [0.5, 0.6) is 0 Å². The zero-order valence-electron chi connectivity index (χ0n) is 6.88. The van der Waals surface area contributed by atoms with Gasteiger partial charge < -0.3 is 0 Å². The van der Waals surface area contributed by atoms with Crippen molar-refractivity contribution in [2.45, 2.75) is 24.1 Å². The first kappa shape index (κ1) is 9.95. The first-order chi connectivity index (χ1) is 6.19. The minimum atomic E-state index is -0.102. The van der Waals surface area contributed by atoms with Crippen LogP contribution >= 0.6 is 15.9 Å². The number of nitrogens with zero attached hydrogens (tertiary/aromatic N) is 2. The average molecular weight is 239 g/mol. The van der Waals surface area contributed by atoms with Crippen LogP contribution in [0.4, 0.5) is 0 Å². The number of halogens is 1. The SMILES string of the molecule is N#CC(C#N)=C1CCC(Br)C(=O)C1. The van der Waals surface area contributed by atoms with Crippen LogP contribution in [-0.2, 0) is 4.79 Å². The Balaban J connectivity index is 2.89. The van der Waals surface area contributed by atoms with Gasteiger partial charge in [0.2, 0.25) is 0 Å². The molecule has 0 N–H and O–H groups in total. The molecular formula is C9H7BrN2O. The maximum Gasteiger partial charge on any atom is 0.150 e. The van der Waals surface area contributed by atoms with Crippen molar-refractivity contribution in [1.29, 1.82) is 10.5 Å². The van der Waals surface area contributed by atoms with Gasteiger partial charge in [0.05, 0.1) is 4.83 Å². The number of hydrogen-bond acceptors (Lipinski definition) is 3. The number of carbonyl (C=O) groups excluding carboxylic acids is 1. The molecule has 0 aromatic heterocycles. The molecule has 0 aromatic carbocycles. The molecule has 1 aliphatic carbocycles. The Hall–Kier alpha value is -1.13. The van der Waals surface area contributed by atoms with Gasteiger partial charge in [-0.2, -0.15) is 10.5 Å². The number of nitriles is 2. The van der Waals surface area contributed by atoms with Gasteiger partial charge in [0, 0.05) is 6.42 Å². The number of alkyl halides is 1. The number of allylic oxidation sites excluding steroid dienone is 2. The second-order valence-electron chi connectivity index (χ2n) is 2.85. The summed E-state index contributed by atoms with van der Waals surface area (Å²) in [4.78, 5) is 11.1. The first-order valence-electron chi connectivity index (χ1n) is 3.88. The van der Waals surface area contributed by atoms with Crippen molar-refractivity contribution < 1.29 is 4.79 Å². The molecule has 0 bridgehead atoms. The second kappa shape index (κ2) is 4.20. The monoisotopic (exact) mass is 238 g/mol. The number of Topliss-reactive ketones (excluding diaryl/α,β-unsaturated/α-hetero) is 1. The lowest BCUT2D eigenvalue weighted by molar-refractivity contribution is -0.118. The van der Waals surface area contributed by atoms with Crippen LogP contribution in [0.3, 0.4) is 0 Å². The van der Waals surface area contributed by atoms with E-state index in [1.807, 2.05) is 12.1 Å². The molecule has 1 fully saturated rings. The molecule has 13 heavy (non-hydrogen) atoms. The van der Waals surface area contributed by atoms with Gasteiger partial charge in [-0.3, -0.25) is 4.79 Å². The maximum atomic E-state index is 11.2. The molecule has 4 heteroatoms. The Morgan fingerprint density at radius 3 is 2.54 bits per heavy atom. The first-order valence-corrected chi connectivity index (χ1v) is 4.79. The van der Waals surface area contributed by atoms with Crippen molar-refractivity contribution in [3.63, 3.8) is 0 Å². The molecule has 1 unspecified atom stereocenters. The molecule has 0 aliphatic heterocycles. The molecule has 0 amide bonds. The molecule has 0 aromatic rings. The van der Waals surface area contributed by atoms with Crippen molar-refractivity contribution in [2.24, 2.45) is 0 Å². The van der Waals surface area contributed by atoms with E-state index in [1.54, 1.807) is 0 Å². The topological polar surface area (TPSA) is 64.7 Å². The summed E-state index contributed by atoms with van der Waals surface area (Å²) in [5, 5.41) is 17.2. The number of ketones is 1. The van der Waals surface area contributed by atoms with E-state index in [4.69, 9.17) is 10.5 Å². The highest BCUT2D eigenvalue weighted by Crippen LogP contribution is 2.27. The van der Waals surface area contributed by atoms with Crippen LogP contribution in [0.15, 0.2) is 11.1 Å². The second-order valence-corrected chi connectivity index (χ2v) is 3.96. The summed E-state index contributed by atoms with van der Waals surface area (Å²) < 4.78 is 0. The van der Waals surface area contributed by atoms with Crippen molar-refractivity contribution in [3.05, 3.63) is 11.1 Å². The molecule has 1 saturated carbocycles. The summed E-state index contributed by atoms with van der Waals surface area (Å²) in [6.45, 7) is 0. The van der Waals surface area contributed by atoms with E-state index in [-0.39, 0.29) is 22.6 Å².